The zero-order valence-electron chi connectivity index (χ0n) is 11.3. The van der Waals surface area contributed by atoms with Crippen LogP contribution in [0.5, 0.6) is 5.75 Å². The topological polar surface area (TPSA) is 41.5 Å². The van der Waals surface area contributed by atoms with Gasteiger partial charge in [0.2, 0.25) is 0 Å². The smallest absolute Gasteiger partial charge is 0.126 e. The van der Waals surface area contributed by atoms with Crippen molar-refractivity contribution < 1.29 is 14.2 Å². The molecule has 0 aliphatic heterocycles. The molecule has 0 amide bonds. The predicted molar refractivity (Wildman–Crippen MR) is 70.4 cm³/mol. The molecule has 1 aromatic rings. The van der Waals surface area contributed by atoms with E-state index in [9.17, 15) is 9.50 Å². The van der Waals surface area contributed by atoms with E-state index in [1.54, 1.807) is 19.1 Å². The largest absolute Gasteiger partial charge is 0.492 e. The minimum Gasteiger partial charge on any atom is -0.492 e. The van der Waals surface area contributed by atoms with Crippen LogP contribution in [0.2, 0.25) is 0 Å². The van der Waals surface area contributed by atoms with Gasteiger partial charge >= 0.3 is 0 Å². The second-order valence-corrected chi connectivity index (χ2v) is 4.85. The summed E-state index contributed by atoms with van der Waals surface area (Å²) in [6.07, 6.45) is 0.991. The molecule has 2 N–H and O–H groups in total. The van der Waals surface area contributed by atoms with Crippen LogP contribution in [0, 0.1) is 12.7 Å². The first-order valence-electron chi connectivity index (χ1n) is 6.25. The van der Waals surface area contributed by atoms with Gasteiger partial charge in [-0.25, -0.2) is 4.39 Å². The number of benzene rings is 1. The maximum Gasteiger partial charge on any atom is 0.126 e. The van der Waals surface area contributed by atoms with Crippen LogP contribution in [-0.2, 0) is 0 Å². The van der Waals surface area contributed by atoms with Gasteiger partial charge in [0, 0.05) is 0 Å². The van der Waals surface area contributed by atoms with Crippen LogP contribution < -0.4 is 10.1 Å². The third kappa shape index (κ3) is 4.27. The van der Waals surface area contributed by atoms with Gasteiger partial charge in [-0.05, 0) is 50.6 Å². The second-order valence-electron chi connectivity index (χ2n) is 4.85. The lowest BCUT2D eigenvalue weighted by molar-refractivity contribution is 0.116. The summed E-state index contributed by atoms with van der Waals surface area (Å²) in [5, 5.41) is 12.6. The van der Waals surface area contributed by atoms with Crippen molar-refractivity contribution in [3.63, 3.8) is 0 Å². The molecule has 0 radical (unpaired) electrons. The molecular weight excluding hydrogens is 233 g/mol. The molecule has 102 valence electrons. The Balaban J connectivity index is 2.58. The average Bonchev–Trinajstić information content (AvgIpc) is 2.38. The van der Waals surface area contributed by atoms with E-state index in [1.165, 1.54) is 6.07 Å². The quantitative estimate of drug-likeness (QED) is 0.785. The number of aryl methyl sites for hydroxylation is 1. The summed E-state index contributed by atoms with van der Waals surface area (Å²) in [6, 6.07) is 4.65. The monoisotopic (exact) mass is 255 g/mol. The number of halogens is 1. The van der Waals surface area contributed by atoms with Crippen molar-refractivity contribution in [2.24, 2.45) is 0 Å². The number of aliphatic hydroxyl groups excluding tert-OH is 1. The Kier molecular flexibility index (Phi) is 5.56. The Morgan fingerprint density at radius 3 is 2.72 bits per heavy atom. The molecule has 0 bridgehead atoms. The maximum atomic E-state index is 13.1. The molecule has 0 saturated carbocycles. The first-order chi connectivity index (χ1) is 8.50. The van der Waals surface area contributed by atoms with Gasteiger partial charge in [-0.15, -0.1) is 0 Å². The molecule has 0 fully saturated rings. The van der Waals surface area contributed by atoms with Crippen LogP contribution >= 0.6 is 0 Å². The Bertz CT molecular complexity index is 384. The minimum absolute atomic E-state index is 0.00677. The van der Waals surface area contributed by atoms with E-state index in [4.69, 9.17) is 4.74 Å². The summed E-state index contributed by atoms with van der Waals surface area (Å²) in [4.78, 5) is 0. The van der Waals surface area contributed by atoms with Crippen LogP contribution in [-0.4, -0.2) is 30.4 Å². The predicted octanol–water partition coefficient (Wildman–Crippen LogP) is 2.26. The number of ether oxygens (including phenoxy) is 1. The number of nitrogens with one attached hydrogen (secondary N) is 1. The molecule has 1 rings (SSSR count). The van der Waals surface area contributed by atoms with E-state index in [-0.39, 0.29) is 12.4 Å². The molecule has 0 saturated heterocycles. The molecule has 0 heterocycles. The van der Waals surface area contributed by atoms with E-state index in [0.717, 1.165) is 13.0 Å². The molecular formula is C14H22FNO2. The molecule has 1 aromatic carbocycles. The van der Waals surface area contributed by atoms with E-state index in [1.807, 2.05) is 6.92 Å². The van der Waals surface area contributed by atoms with E-state index in [0.29, 0.717) is 17.9 Å². The van der Waals surface area contributed by atoms with Gasteiger partial charge in [0.15, 0.2) is 0 Å². The van der Waals surface area contributed by atoms with E-state index >= 15 is 0 Å². The van der Waals surface area contributed by atoms with Crippen LogP contribution in [0.25, 0.3) is 0 Å². The molecule has 0 spiro atoms. The van der Waals surface area contributed by atoms with Crippen molar-refractivity contribution >= 4 is 0 Å². The molecule has 0 aromatic heterocycles. The minimum atomic E-state index is -0.474. The van der Waals surface area contributed by atoms with Crippen LogP contribution in [0.4, 0.5) is 4.39 Å². The highest BCUT2D eigenvalue weighted by atomic mass is 19.1. The summed E-state index contributed by atoms with van der Waals surface area (Å²) >= 11 is 0. The molecule has 0 aliphatic rings. The standard InChI is InChI=1S/C14H22FNO2/c1-4-7-16-14(3,9-17)10-18-12-5-6-13(15)11(2)8-12/h5-6,8,16-17H,4,7,9-10H2,1-3H3. The Morgan fingerprint density at radius 1 is 1.44 bits per heavy atom. The third-order valence-corrected chi connectivity index (χ3v) is 2.84. The van der Waals surface area contributed by atoms with Crippen molar-refractivity contribution in [2.45, 2.75) is 32.7 Å². The fourth-order valence-electron chi connectivity index (χ4n) is 1.53. The van der Waals surface area contributed by atoms with Crippen molar-refractivity contribution in [2.75, 3.05) is 19.8 Å². The number of aliphatic hydroxyl groups is 1. The van der Waals surface area contributed by atoms with Gasteiger partial charge in [0.25, 0.3) is 0 Å². The molecule has 3 nitrogen and oxygen atoms in total. The van der Waals surface area contributed by atoms with Crippen molar-refractivity contribution in [1.82, 2.24) is 5.32 Å². The van der Waals surface area contributed by atoms with Crippen LogP contribution in [0.3, 0.4) is 0 Å². The molecule has 18 heavy (non-hydrogen) atoms. The number of rotatable bonds is 7. The van der Waals surface area contributed by atoms with Crippen molar-refractivity contribution in [1.29, 1.82) is 0 Å². The van der Waals surface area contributed by atoms with Gasteiger partial charge in [0.1, 0.15) is 18.2 Å². The Hall–Kier alpha value is -1.13. The first kappa shape index (κ1) is 14.9. The van der Waals surface area contributed by atoms with E-state index in [2.05, 4.69) is 12.2 Å². The van der Waals surface area contributed by atoms with E-state index < -0.39 is 5.54 Å². The highest BCUT2D eigenvalue weighted by Crippen LogP contribution is 2.17. The Labute approximate surface area is 108 Å². The van der Waals surface area contributed by atoms with Gasteiger partial charge in [-0.2, -0.15) is 0 Å². The lowest BCUT2D eigenvalue weighted by atomic mass is 10.1. The summed E-state index contributed by atoms with van der Waals surface area (Å²) in [6.45, 7) is 6.82. The van der Waals surface area contributed by atoms with Crippen molar-refractivity contribution in [3.8, 4) is 5.75 Å². The van der Waals surface area contributed by atoms with Gasteiger partial charge in [-0.1, -0.05) is 6.92 Å². The summed E-state index contributed by atoms with van der Waals surface area (Å²) < 4.78 is 18.7. The lowest BCUT2D eigenvalue weighted by Crippen LogP contribution is -2.50. The average molecular weight is 255 g/mol. The third-order valence-electron chi connectivity index (χ3n) is 2.84. The normalized spacial score (nSPS) is 14.3. The highest BCUT2D eigenvalue weighted by molar-refractivity contribution is 5.28. The zero-order valence-corrected chi connectivity index (χ0v) is 11.3. The van der Waals surface area contributed by atoms with Crippen LogP contribution in [0.1, 0.15) is 25.8 Å². The first-order valence-corrected chi connectivity index (χ1v) is 6.25. The van der Waals surface area contributed by atoms with Gasteiger partial charge in [-0.3, -0.25) is 0 Å². The summed E-state index contributed by atoms with van der Waals surface area (Å²) in [7, 11) is 0. The number of hydrogen-bond acceptors (Lipinski definition) is 3. The van der Waals surface area contributed by atoms with Crippen molar-refractivity contribution in [3.05, 3.63) is 29.6 Å². The fraction of sp³-hybridized carbons (Fsp3) is 0.571. The van der Waals surface area contributed by atoms with Crippen LogP contribution in [0.15, 0.2) is 18.2 Å². The highest BCUT2D eigenvalue weighted by Gasteiger charge is 2.23. The zero-order chi connectivity index (χ0) is 13.6. The number of hydrogen-bond donors (Lipinski definition) is 2. The summed E-state index contributed by atoms with van der Waals surface area (Å²) in [5.74, 6) is 0.378. The van der Waals surface area contributed by atoms with Gasteiger partial charge in [0.05, 0.1) is 12.1 Å². The molecule has 1 atom stereocenters. The fourth-order valence-corrected chi connectivity index (χ4v) is 1.53. The molecule has 0 aliphatic carbocycles. The second kappa shape index (κ2) is 6.71. The summed E-state index contributed by atoms with van der Waals surface area (Å²) in [5.41, 5.74) is 0.0814. The maximum absolute atomic E-state index is 13.1. The molecule has 4 heteroatoms. The Morgan fingerprint density at radius 2 is 2.17 bits per heavy atom. The lowest BCUT2D eigenvalue weighted by Gasteiger charge is -2.28. The SMILES string of the molecule is CCCNC(C)(CO)COc1ccc(F)c(C)c1. The van der Waals surface area contributed by atoms with Gasteiger partial charge < -0.3 is 15.2 Å². The molecule has 1 unspecified atom stereocenters.